The summed E-state index contributed by atoms with van der Waals surface area (Å²) in [6.07, 6.45) is 2.22. The third kappa shape index (κ3) is 3.91. The number of hydrogen-bond acceptors (Lipinski definition) is 2. The van der Waals surface area contributed by atoms with Gasteiger partial charge in [0.1, 0.15) is 11.6 Å². The van der Waals surface area contributed by atoms with Crippen LogP contribution in [0.15, 0.2) is 18.2 Å². The van der Waals surface area contributed by atoms with Gasteiger partial charge in [-0.25, -0.2) is 13.6 Å². The molecular formula is C15H20F2N2O2. The molecule has 0 spiro atoms. The average molecular weight is 298 g/mol. The van der Waals surface area contributed by atoms with Gasteiger partial charge in [0.15, 0.2) is 0 Å². The molecule has 1 aliphatic carbocycles. The maximum Gasteiger partial charge on any atom is 0.315 e. The Labute approximate surface area is 122 Å². The minimum atomic E-state index is -0.593. The Kier molecular flexibility index (Phi) is 4.77. The van der Waals surface area contributed by atoms with Gasteiger partial charge in [-0.15, -0.1) is 0 Å². The van der Waals surface area contributed by atoms with E-state index in [0.717, 1.165) is 31.0 Å². The number of nitrogens with one attached hydrogen (secondary N) is 2. The van der Waals surface area contributed by atoms with Crippen LogP contribution in [0, 0.1) is 17.0 Å². The van der Waals surface area contributed by atoms with Crippen molar-refractivity contribution < 1.29 is 18.7 Å². The first-order valence-corrected chi connectivity index (χ1v) is 7.10. The third-order valence-corrected chi connectivity index (χ3v) is 3.96. The van der Waals surface area contributed by atoms with Crippen molar-refractivity contribution in [3.63, 3.8) is 0 Å². The maximum absolute atomic E-state index is 13.7. The summed E-state index contributed by atoms with van der Waals surface area (Å²) in [6.45, 7) is 2.21. The van der Waals surface area contributed by atoms with Gasteiger partial charge in [-0.1, -0.05) is 6.92 Å². The van der Waals surface area contributed by atoms with E-state index in [2.05, 4.69) is 10.6 Å². The SMILES string of the molecule is CCC(NC(=O)NCC1(CO)CC1)c1cc(F)ccc1F. The van der Waals surface area contributed by atoms with Crippen LogP contribution < -0.4 is 10.6 Å². The highest BCUT2D eigenvalue weighted by molar-refractivity contribution is 5.74. The predicted octanol–water partition coefficient (Wildman–Crippen LogP) is 2.49. The van der Waals surface area contributed by atoms with Crippen LogP contribution in [-0.4, -0.2) is 24.3 Å². The average Bonchev–Trinajstić information content (AvgIpc) is 3.26. The Hall–Kier alpha value is -1.69. The fraction of sp³-hybridized carbons (Fsp3) is 0.533. The van der Waals surface area contributed by atoms with Crippen LogP contribution in [0.1, 0.15) is 37.8 Å². The van der Waals surface area contributed by atoms with Gasteiger partial charge in [-0.05, 0) is 37.5 Å². The number of carbonyl (C=O) groups is 1. The lowest BCUT2D eigenvalue weighted by molar-refractivity contribution is 0.202. The van der Waals surface area contributed by atoms with Crippen molar-refractivity contribution in [3.8, 4) is 0 Å². The molecule has 2 rings (SSSR count). The lowest BCUT2D eigenvalue weighted by Crippen LogP contribution is -2.41. The van der Waals surface area contributed by atoms with E-state index in [1.807, 2.05) is 0 Å². The number of hydrogen-bond donors (Lipinski definition) is 3. The number of halogens is 2. The molecule has 6 heteroatoms. The molecule has 1 aliphatic rings. The molecule has 1 unspecified atom stereocenters. The molecule has 0 bridgehead atoms. The predicted molar refractivity (Wildman–Crippen MR) is 74.7 cm³/mol. The lowest BCUT2D eigenvalue weighted by atomic mass is 10.0. The molecule has 4 nitrogen and oxygen atoms in total. The highest BCUT2D eigenvalue weighted by Gasteiger charge is 2.42. The second-order valence-electron chi connectivity index (χ2n) is 5.61. The Bertz CT molecular complexity index is 518. The van der Waals surface area contributed by atoms with Crippen molar-refractivity contribution in [1.29, 1.82) is 0 Å². The van der Waals surface area contributed by atoms with Gasteiger partial charge in [-0.3, -0.25) is 0 Å². The Morgan fingerprint density at radius 1 is 1.43 bits per heavy atom. The van der Waals surface area contributed by atoms with Crippen molar-refractivity contribution in [2.45, 2.75) is 32.2 Å². The van der Waals surface area contributed by atoms with Crippen LogP contribution >= 0.6 is 0 Å². The fourth-order valence-electron chi connectivity index (χ4n) is 2.23. The number of urea groups is 1. The molecular weight excluding hydrogens is 278 g/mol. The molecule has 116 valence electrons. The molecule has 3 N–H and O–H groups in total. The molecule has 0 radical (unpaired) electrons. The summed E-state index contributed by atoms with van der Waals surface area (Å²) < 4.78 is 26.9. The summed E-state index contributed by atoms with van der Waals surface area (Å²) in [5.74, 6) is -1.08. The number of amides is 2. The highest BCUT2D eigenvalue weighted by atomic mass is 19.1. The molecule has 0 aromatic heterocycles. The molecule has 1 fully saturated rings. The zero-order valence-corrected chi connectivity index (χ0v) is 12.0. The zero-order chi connectivity index (χ0) is 15.5. The van der Waals surface area contributed by atoms with Gasteiger partial charge < -0.3 is 15.7 Å². The Balaban J connectivity index is 1.95. The topological polar surface area (TPSA) is 61.4 Å². The summed E-state index contributed by atoms with van der Waals surface area (Å²) in [5.41, 5.74) is -0.0562. The summed E-state index contributed by atoms with van der Waals surface area (Å²) in [4.78, 5) is 11.9. The van der Waals surface area contributed by atoms with Crippen molar-refractivity contribution in [1.82, 2.24) is 10.6 Å². The van der Waals surface area contributed by atoms with Crippen molar-refractivity contribution in [2.75, 3.05) is 13.2 Å². The lowest BCUT2D eigenvalue weighted by Gasteiger charge is -2.20. The van der Waals surface area contributed by atoms with Gasteiger partial charge in [0, 0.05) is 17.5 Å². The maximum atomic E-state index is 13.7. The first kappa shape index (κ1) is 15.7. The summed E-state index contributed by atoms with van der Waals surface area (Å²) in [5, 5.41) is 14.5. The second-order valence-corrected chi connectivity index (χ2v) is 5.61. The van der Waals surface area contributed by atoms with Crippen molar-refractivity contribution in [3.05, 3.63) is 35.4 Å². The first-order chi connectivity index (χ1) is 9.99. The number of aliphatic hydroxyl groups is 1. The molecule has 1 atom stereocenters. The molecule has 21 heavy (non-hydrogen) atoms. The van der Waals surface area contributed by atoms with Crippen molar-refractivity contribution in [2.24, 2.45) is 5.41 Å². The van der Waals surface area contributed by atoms with Gasteiger partial charge in [0.2, 0.25) is 0 Å². The number of rotatable bonds is 6. The molecule has 1 aromatic rings. The monoisotopic (exact) mass is 298 g/mol. The van der Waals surface area contributed by atoms with Crippen LogP contribution in [-0.2, 0) is 0 Å². The van der Waals surface area contributed by atoms with E-state index in [4.69, 9.17) is 0 Å². The highest BCUT2D eigenvalue weighted by Crippen LogP contribution is 2.44. The van der Waals surface area contributed by atoms with E-state index in [1.54, 1.807) is 6.92 Å². The van der Waals surface area contributed by atoms with Crippen LogP contribution in [0.3, 0.4) is 0 Å². The molecule has 1 aromatic carbocycles. The first-order valence-electron chi connectivity index (χ1n) is 7.10. The smallest absolute Gasteiger partial charge is 0.315 e. The van der Waals surface area contributed by atoms with E-state index in [0.29, 0.717) is 13.0 Å². The quantitative estimate of drug-likeness (QED) is 0.755. The number of aliphatic hydroxyl groups excluding tert-OH is 1. The summed E-state index contributed by atoms with van der Waals surface area (Å²) in [7, 11) is 0. The van der Waals surface area contributed by atoms with Crippen LogP contribution in [0.25, 0.3) is 0 Å². The summed E-state index contributed by atoms with van der Waals surface area (Å²) in [6, 6.07) is 2.16. The van der Waals surface area contributed by atoms with Gasteiger partial charge in [0.05, 0.1) is 12.6 Å². The van der Waals surface area contributed by atoms with Gasteiger partial charge in [-0.2, -0.15) is 0 Å². The summed E-state index contributed by atoms with van der Waals surface area (Å²) >= 11 is 0. The second kappa shape index (κ2) is 6.39. The molecule has 0 saturated heterocycles. The van der Waals surface area contributed by atoms with Gasteiger partial charge in [0.25, 0.3) is 0 Å². The molecule has 0 aliphatic heterocycles. The van der Waals surface area contributed by atoms with E-state index in [1.165, 1.54) is 0 Å². The van der Waals surface area contributed by atoms with Crippen LogP contribution in [0.2, 0.25) is 0 Å². The third-order valence-electron chi connectivity index (χ3n) is 3.96. The van der Waals surface area contributed by atoms with E-state index < -0.39 is 23.7 Å². The normalized spacial score (nSPS) is 17.1. The molecule has 2 amide bonds. The van der Waals surface area contributed by atoms with Crippen LogP contribution in [0.4, 0.5) is 13.6 Å². The van der Waals surface area contributed by atoms with E-state index in [-0.39, 0.29) is 17.6 Å². The Morgan fingerprint density at radius 2 is 2.14 bits per heavy atom. The standard InChI is InChI=1S/C15H20F2N2O2/c1-2-13(11-7-10(16)3-4-12(11)17)19-14(21)18-8-15(9-20)5-6-15/h3-4,7,13,20H,2,5-6,8-9H2,1H3,(H2,18,19,21). The minimum absolute atomic E-state index is 0.0447. The van der Waals surface area contributed by atoms with Crippen LogP contribution in [0.5, 0.6) is 0 Å². The largest absolute Gasteiger partial charge is 0.396 e. The van der Waals surface area contributed by atoms with E-state index in [9.17, 15) is 18.7 Å². The zero-order valence-electron chi connectivity index (χ0n) is 12.0. The minimum Gasteiger partial charge on any atom is -0.396 e. The van der Waals surface area contributed by atoms with E-state index >= 15 is 0 Å². The molecule has 1 saturated carbocycles. The molecule has 0 heterocycles. The fourth-order valence-corrected chi connectivity index (χ4v) is 2.23. The van der Waals surface area contributed by atoms with Crippen molar-refractivity contribution >= 4 is 6.03 Å². The Morgan fingerprint density at radius 3 is 2.71 bits per heavy atom. The van der Waals surface area contributed by atoms with Gasteiger partial charge >= 0.3 is 6.03 Å². The number of benzene rings is 1. The number of carbonyl (C=O) groups excluding carboxylic acids is 1.